The second kappa shape index (κ2) is 13.6. The Kier molecular flexibility index (Phi) is 8.04. The lowest BCUT2D eigenvalue weighted by atomic mass is 9.68. The van der Waals surface area contributed by atoms with Gasteiger partial charge in [0, 0.05) is 28.0 Å². The lowest BCUT2D eigenvalue weighted by Crippen LogP contribution is -2.28. The van der Waals surface area contributed by atoms with Gasteiger partial charge in [0.2, 0.25) is 0 Å². The second-order valence-corrected chi connectivity index (χ2v) is 16.3. The summed E-state index contributed by atoms with van der Waals surface area (Å²) in [6.45, 7) is 4.72. The quantitative estimate of drug-likeness (QED) is 0.157. The molecule has 0 heterocycles. The van der Waals surface area contributed by atoms with E-state index in [1.54, 1.807) is 0 Å². The van der Waals surface area contributed by atoms with Crippen LogP contribution in [0.1, 0.15) is 47.2 Å². The van der Waals surface area contributed by atoms with E-state index in [4.69, 9.17) is 0 Å². The van der Waals surface area contributed by atoms with E-state index in [0.717, 1.165) is 22.6 Å². The van der Waals surface area contributed by atoms with Gasteiger partial charge in [-0.3, -0.25) is 0 Å². The number of hydrogen-bond donors (Lipinski definition) is 0. The van der Waals surface area contributed by atoms with Crippen LogP contribution in [-0.4, -0.2) is 0 Å². The minimum atomic E-state index is -0.532. The Morgan fingerprint density at radius 3 is 1.56 bits per heavy atom. The van der Waals surface area contributed by atoms with Crippen molar-refractivity contribution in [3.63, 3.8) is 0 Å². The summed E-state index contributed by atoms with van der Waals surface area (Å²) in [5, 5.41) is 0. The average molecular weight is 752 g/mol. The first-order chi connectivity index (χ1) is 29.0. The standard InChI is InChI=1S/C58H41N/c1-57(2)53-24-14-12-22-49(53)51-36-34-48(39-56(51)57)59(46-32-30-43(31-33-46)42-28-26-41(27-29-42)40-16-6-3-7-17-40)47-35-37-55-52(38-47)50-23-13-15-25-54(50)58(55,44-18-8-4-9-19-44)45-20-10-5-11-21-45/h3-10,12-20,22-39H,1-2H3. The van der Waals surface area contributed by atoms with Gasteiger partial charge >= 0.3 is 0 Å². The number of benzene rings is 8. The fourth-order valence-corrected chi connectivity index (χ4v) is 10.00. The van der Waals surface area contributed by atoms with E-state index in [1.165, 1.54) is 72.3 Å². The summed E-state index contributed by atoms with van der Waals surface area (Å²) < 4.78 is 0. The van der Waals surface area contributed by atoms with Crippen molar-refractivity contribution in [1.29, 1.82) is 0 Å². The zero-order chi connectivity index (χ0) is 39.6. The maximum absolute atomic E-state index is 3.55. The van der Waals surface area contributed by atoms with Gasteiger partial charge in [0.05, 0.1) is 5.41 Å². The molecule has 0 N–H and O–H groups in total. The molecule has 0 saturated carbocycles. The summed E-state index contributed by atoms with van der Waals surface area (Å²) in [5.74, 6) is 0. The van der Waals surface area contributed by atoms with Crippen LogP contribution in [0, 0.1) is 12.1 Å². The van der Waals surface area contributed by atoms with E-state index < -0.39 is 5.41 Å². The molecule has 0 radical (unpaired) electrons. The molecule has 0 amide bonds. The Labute approximate surface area is 347 Å². The molecular formula is C58H41N. The van der Waals surface area contributed by atoms with Crippen molar-refractivity contribution < 1.29 is 0 Å². The van der Waals surface area contributed by atoms with Gasteiger partial charge in [-0.2, -0.15) is 0 Å². The van der Waals surface area contributed by atoms with Crippen LogP contribution in [0.5, 0.6) is 0 Å². The van der Waals surface area contributed by atoms with E-state index in [-0.39, 0.29) is 5.41 Å². The van der Waals surface area contributed by atoms with Crippen molar-refractivity contribution in [3.05, 3.63) is 258 Å². The maximum atomic E-state index is 3.55. The van der Waals surface area contributed by atoms with Crippen LogP contribution in [0.25, 0.3) is 44.5 Å². The van der Waals surface area contributed by atoms with Crippen LogP contribution in [0.3, 0.4) is 0 Å². The molecule has 2 aliphatic rings. The van der Waals surface area contributed by atoms with E-state index in [1.807, 2.05) is 6.07 Å². The highest BCUT2D eigenvalue weighted by atomic mass is 15.1. The predicted octanol–water partition coefficient (Wildman–Crippen LogP) is 14.8. The molecule has 1 atom stereocenters. The van der Waals surface area contributed by atoms with E-state index in [2.05, 4.69) is 237 Å². The van der Waals surface area contributed by atoms with Gasteiger partial charge in [-0.25, -0.2) is 0 Å². The van der Waals surface area contributed by atoms with Crippen LogP contribution < -0.4 is 4.90 Å². The molecule has 9 aromatic rings. The molecule has 1 nitrogen and oxygen atoms in total. The molecule has 59 heavy (non-hydrogen) atoms. The number of rotatable bonds is 7. The van der Waals surface area contributed by atoms with Gasteiger partial charge in [0.15, 0.2) is 0 Å². The maximum Gasteiger partial charge on any atom is 0.0792 e. The second-order valence-electron chi connectivity index (χ2n) is 16.3. The molecule has 2 aliphatic carbocycles. The van der Waals surface area contributed by atoms with Crippen molar-refractivity contribution in [1.82, 2.24) is 0 Å². The van der Waals surface area contributed by atoms with Crippen molar-refractivity contribution in [3.8, 4) is 44.5 Å². The molecule has 0 spiro atoms. The van der Waals surface area contributed by atoms with Crippen molar-refractivity contribution in [2.75, 3.05) is 4.90 Å². The summed E-state index contributed by atoms with van der Waals surface area (Å²) in [5.41, 5.74) is 20.2. The molecule has 0 saturated heterocycles. The first-order valence-corrected chi connectivity index (χ1v) is 20.5. The summed E-state index contributed by atoms with van der Waals surface area (Å²) in [7, 11) is 0. The average Bonchev–Trinajstić information content (AvgIpc) is 3.73. The molecule has 1 unspecified atom stereocenters. The van der Waals surface area contributed by atoms with Crippen LogP contribution in [0.15, 0.2) is 212 Å². The highest BCUT2D eigenvalue weighted by Crippen LogP contribution is 2.57. The predicted molar refractivity (Wildman–Crippen MR) is 245 cm³/mol. The summed E-state index contributed by atoms with van der Waals surface area (Å²) in [6, 6.07) is 84.5. The van der Waals surface area contributed by atoms with Gasteiger partial charge in [0.1, 0.15) is 0 Å². The SMILES string of the molecule is CC1(C)c2ccccc2-c2ccc(N(c3ccc(-c4ccc(-c5ccccc5)cc4)cc3)c3ccc4c(c3)-c3ccccc3C4(c3c#cccc3)c3ccccc3)cc21. The molecule has 11 rings (SSSR count). The largest absolute Gasteiger partial charge is 0.310 e. The van der Waals surface area contributed by atoms with E-state index >= 15 is 0 Å². The van der Waals surface area contributed by atoms with Crippen LogP contribution in [0.2, 0.25) is 0 Å². The highest BCUT2D eigenvalue weighted by molar-refractivity contribution is 5.91. The smallest absolute Gasteiger partial charge is 0.0792 e. The summed E-state index contributed by atoms with van der Waals surface area (Å²) in [6.07, 6.45) is 0. The lowest BCUT2D eigenvalue weighted by molar-refractivity contribution is 0.660. The third-order valence-electron chi connectivity index (χ3n) is 12.8. The van der Waals surface area contributed by atoms with Crippen molar-refractivity contribution >= 4 is 17.1 Å². The summed E-state index contributed by atoms with van der Waals surface area (Å²) in [4.78, 5) is 2.44. The van der Waals surface area contributed by atoms with E-state index in [9.17, 15) is 0 Å². The number of nitrogens with zero attached hydrogens (tertiary/aromatic N) is 1. The number of anilines is 3. The molecule has 0 bridgehead atoms. The van der Waals surface area contributed by atoms with E-state index in [0.29, 0.717) is 0 Å². The molecule has 1 heteroatoms. The molecule has 0 aromatic heterocycles. The Bertz CT molecular complexity index is 2940. The topological polar surface area (TPSA) is 3.24 Å². The molecule has 278 valence electrons. The Morgan fingerprint density at radius 1 is 0.373 bits per heavy atom. The van der Waals surface area contributed by atoms with Gasteiger partial charge in [-0.15, -0.1) is 0 Å². The summed E-state index contributed by atoms with van der Waals surface area (Å²) >= 11 is 0. The minimum absolute atomic E-state index is 0.126. The highest BCUT2D eigenvalue weighted by Gasteiger charge is 2.46. The van der Waals surface area contributed by atoms with Crippen molar-refractivity contribution in [2.45, 2.75) is 24.7 Å². The van der Waals surface area contributed by atoms with Gasteiger partial charge in [-0.05, 0) is 121 Å². The number of fused-ring (bicyclic) bond motifs is 6. The minimum Gasteiger partial charge on any atom is -0.310 e. The van der Waals surface area contributed by atoms with Crippen LogP contribution in [-0.2, 0) is 10.8 Å². The number of hydrogen-bond acceptors (Lipinski definition) is 1. The Balaban J connectivity index is 1.08. The van der Waals surface area contributed by atoms with Gasteiger partial charge < -0.3 is 4.90 Å². The van der Waals surface area contributed by atoms with Gasteiger partial charge in [-0.1, -0.05) is 190 Å². The molecule has 0 aliphatic heterocycles. The normalized spacial score (nSPS) is 13.7. The Morgan fingerprint density at radius 2 is 0.881 bits per heavy atom. The first kappa shape index (κ1) is 34.8. The Hall–Kier alpha value is -7.40. The molecule has 0 fully saturated rings. The molecular weight excluding hydrogens is 711 g/mol. The molecule has 9 aromatic carbocycles. The fourth-order valence-electron chi connectivity index (χ4n) is 10.00. The van der Waals surface area contributed by atoms with Crippen LogP contribution >= 0.6 is 0 Å². The fraction of sp³-hybridized carbons (Fsp3) is 0.0690. The van der Waals surface area contributed by atoms with Crippen molar-refractivity contribution in [2.24, 2.45) is 0 Å². The van der Waals surface area contributed by atoms with Crippen LogP contribution in [0.4, 0.5) is 17.1 Å². The first-order valence-electron chi connectivity index (χ1n) is 20.5. The lowest BCUT2D eigenvalue weighted by Gasteiger charge is -2.33. The third-order valence-corrected chi connectivity index (χ3v) is 12.8. The zero-order valence-electron chi connectivity index (χ0n) is 33.2. The monoisotopic (exact) mass is 751 g/mol. The third kappa shape index (κ3) is 5.41. The van der Waals surface area contributed by atoms with Gasteiger partial charge in [0.25, 0.3) is 0 Å². The zero-order valence-corrected chi connectivity index (χ0v) is 33.2.